The van der Waals surface area contributed by atoms with Gasteiger partial charge in [0.1, 0.15) is 11.5 Å². The zero-order valence-electron chi connectivity index (χ0n) is 16.7. The van der Waals surface area contributed by atoms with Crippen LogP contribution in [0.3, 0.4) is 0 Å². The molecule has 8 heteroatoms. The Bertz CT molecular complexity index is 806. The molecule has 2 fully saturated rings. The van der Waals surface area contributed by atoms with Gasteiger partial charge in [-0.15, -0.1) is 11.3 Å². The first-order valence-electron chi connectivity index (χ1n) is 10.2. The molecular formula is C21H27F3N4S. The van der Waals surface area contributed by atoms with Crippen LogP contribution in [0.1, 0.15) is 29.0 Å². The van der Waals surface area contributed by atoms with Crippen LogP contribution in [0.5, 0.6) is 0 Å². The van der Waals surface area contributed by atoms with Crippen LogP contribution in [0.15, 0.2) is 29.6 Å². The molecule has 2 aliphatic heterocycles. The lowest BCUT2D eigenvalue weighted by Gasteiger charge is -2.43. The van der Waals surface area contributed by atoms with E-state index < -0.39 is 11.9 Å². The second-order valence-electron chi connectivity index (χ2n) is 7.94. The number of piperidine rings is 1. The predicted molar refractivity (Wildman–Crippen MR) is 110 cm³/mol. The Morgan fingerprint density at radius 1 is 1.03 bits per heavy atom. The van der Waals surface area contributed by atoms with E-state index >= 15 is 0 Å². The van der Waals surface area contributed by atoms with E-state index in [1.54, 1.807) is 6.07 Å². The number of aryl methyl sites for hydroxylation is 1. The molecule has 2 aliphatic rings. The Balaban J connectivity index is 1.27. The average molecular weight is 425 g/mol. The summed E-state index contributed by atoms with van der Waals surface area (Å²) in [5.41, 5.74) is 0.572. The van der Waals surface area contributed by atoms with Crippen LogP contribution < -0.4 is 4.90 Å². The van der Waals surface area contributed by atoms with E-state index in [9.17, 15) is 13.2 Å². The molecule has 0 bridgehead atoms. The lowest BCUT2D eigenvalue weighted by atomic mass is 10.0. The van der Waals surface area contributed by atoms with Crippen molar-refractivity contribution in [2.75, 3.05) is 44.2 Å². The Morgan fingerprint density at radius 2 is 1.76 bits per heavy atom. The minimum Gasteiger partial charge on any atom is -0.354 e. The number of hydrogen-bond donors (Lipinski definition) is 0. The second-order valence-corrected chi connectivity index (χ2v) is 8.94. The van der Waals surface area contributed by atoms with Gasteiger partial charge in [0.05, 0.1) is 0 Å². The topological polar surface area (TPSA) is 22.6 Å². The number of nitrogens with zero attached hydrogens (tertiary/aromatic N) is 4. The largest absolute Gasteiger partial charge is 0.433 e. The first-order valence-corrected chi connectivity index (χ1v) is 11.1. The van der Waals surface area contributed by atoms with E-state index in [1.165, 1.54) is 16.5 Å². The molecule has 0 aromatic carbocycles. The van der Waals surface area contributed by atoms with E-state index in [1.807, 2.05) is 16.2 Å². The molecule has 0 spiro atoms. The average Bonchev–Trinajstić information content (AvgIpc) is 3.13. The molecule has 4 heterocycles. The molecule has 4 nitrogen and oxygen atoms in total. The van der Waals surface area contributed by atoms with Gasteiger partial charge in [-0.3, -0.25) is 9.80 Å². The van der Waals surface area contributed by atoms with Gasteiger partial charge < -0.3 is 4.90 Å². The van der Waals surface area contributed by atoms with Crippen molar-refractivity contribution in [3.8, 4) is 0 Å². The number of halogens is 3. The molecule has 2 aromatic rings. The normalized spacial score (nSPS) is 20.3. The number of alkyl halides is 3. The van der Waals surface area contributed by atoms with Gasteiger partial charge in [-0.1, -0.05) is 6.07 Å². The molecule has 0 unspecified atom stereocenters. The highest BCUT2D eigenvalue weighted by atomic mass is 32.1. The maximum atomic E-state index is 12.9. The van der Waals surface area contributed by atoms with Gasteiger partial charge in [0, 0.05) is 56.7 Å². The van der Waals surface area contributed by atoms with Gasteiger partial charge in [-0.05, 0) is 48.9 Å². The van der Waals surface area contributed by atoms with Crippen molar-refractivity contribution in [3.05, 3.63) is 45.8 Å². The Morgan fingerprint density at radius 3 is 2.38 bits per heavy atom. The maximum absolute atomic E-state index is 12.9. The number of anilines is 1. The number of likely N-dealkylation sites (tertiary alicyclic amines) is 1. The number of aromatic nitrogens is 1. The number of pyridine rings is 1. The Kier molecular flexibility index (Phi) is 6.13. The molecule has 0 N–H and O–H groups in total. The van der Waals surface area contributed by atoms with Crippen molar-refractivity contribution in [1.29, 1.82) is 0 Å². The highest BCUT2D eigenvalue weighted by Crippen LogP contribution is 2.29. The van der Waals surface area contributed by atoms with Gasteiger partial charge in [-0.25, -0.2) is 4.98 Å². The Labute approximate surface area is 173 Å². The first kappa shape index (κ1) is 20.6. The van der Waals surface area contributed by atoms with Crippen molar-refractivity contribution in [2.24, 2.45) is 0 Å². The zero-order chi connectivity index (χ0) is 20.4. The van der Waals surface area contributed by atoms with Crippen molar-refractivity contribution in [2.45, 2.75) is 38.5 Å². The summed E-state index contributed by atoms with van der Waals surface area (Å²) in [6.07, 6.45) is -2.08. The highest BCUT2D eigenvalue weighted by Gasteiger charge is 2.33. The van der Waals surface area contributed by atoms with E-state index in [-0.39, 0.29) is 0 Å². The fraction of sp³-hybridized carbons (Fsp3) is 0.571. The summed E-state index contributed by atoms with van der Waals surface area (Å²) in [5.74, 6) is 0.431. The smallest absolute Gasteiger partial charge is 0.354 e. The summed E-state index contributed by atoms with van der Waals surface area (Å²) in [5, 5.41) is 2.16. The molecular weight excluding hydrogens is 397 g/mol. The van der Waals surface area contributed by atoms with Crippen LogP contribution in [-0.2, 0) is 12.7 Å². The summed E-state index contributed by atoms with van der Waals surface area (Å²) in [4.78, 5) is 12.3. The summed E-state index contributed by atoms with van der Waals surface area (Å²) in [6.45, 7) is 8.66. The van der Waals surface area contributed by atoms with Crippen LogP contribution in [0.25, 0.3) is 0 Å². The predicted octanol–water partition coefficient (Wildman–Crippen LogP) is 4.26. The van der Waals surface area contributed by atoms with Crippen molar-refractivity contribution >= 4 is 17.2 Å². The van der Waals surface area contributed by atoms with Crippen LogP contribution in [0, 0.1) is 6.92 Å². The molecule has 4 rings (SSSR count). The van der Waals surface area contributed by atoms with E-state index in [4.69, 9.17) is 0 Å². The van der Waals surface area contributed by atoms with Gasteiger partial charge in [0.25, 0.3) is 0 Å². The number of thiophene rings is 1. The fourth-order valence-electron chi connectivity index (χ4n) is 4.29. The summed E-state index contributed by atoms with van der Waals surface area (Å²) in [7, 11) is 0. The van der Waals surface area contributed by atoms with Gasteiger partial charge in [-0.2, -0.15) is 13.2 Å². The maximum Gasteiger partial charge on any atom is 0.433 e. The van der Waals surface area contributed by atoms with E-state index in [0.717, 1.165) is 64.7 Å². The third-order valence-corrected chi connectivity index (χ3v) is 7.08. The molecule has 0 amide bonds. The minimum atomic E-state index is -4.40. The van der Waals surface area contributed by atoms with Gasteiger partial charge in [0.2, 0.25) is 0 Å². The van der Waals surface area contributed by atoms with Crippen LogP contribution in [0.4, 0.5) is 19.0 Å². The number of hydrogen-bond acceptors (Lipinski definition) is 5. The van der Waals surface area contributed by atoms with Crippen molar-refractivity contribution < 1.29 is 13.2 Å². The molecule has 29 heavy (non-hydrogen) atoms. The minimum absolute atomic E-state index is 0.431. The van der Waals surface area contributed by atoms with Crippen molar-refractivity contribution in [1.82, 2.24) is 14.8 Å². The van der Waals surface area contributed by atoms with Crippen LogP contribution in [0.2, 0.25) is 0 Å². The lowest BCUT2D eigenvalue weighted by Crippen LogP contribution is -2.53. The monoisotopic (exact) mass is 424 g/mol. The third kappa shape index (κ3) is 4.92. The highest BCUT2D eigenvalue weighted by molar-refractivity contribution is 7.10. The van der Waals surface area contributed by atoms with E-state index in [0.29, 0.717) is 11.9 Å². The molecule has 0 saturated carbocycles. The van der Waals surface area contributed by atoms with Gasteiger partial charge in [0.15, 0.2) is 0 Å². The van der Waals surface area contributed by atoms with Gasteiger partial charge >= 0.3 is 6.18 Å². The standard InChI is InChI=1S/C21H27F3N4S/c1-16-7-14-29-18(16)15-26-8-5-17(6-9-26)27-10-12-28(13-11-27)20-4-2-3-19(25-20)21(22,23)24/h2-4,7,14,17H,5-6,8-13,15H2,1H3. The zero-order valence-corrected chi connectivity index (χ0v) is 17.5. The quantitative estimate of drug-likeness (QED) is 0.732. The molecule has 0 aliphatic carbocycles. The fourth-order valence-corrected chi connectivity index (χ4v) is 5.23. The second kappa shape index (κ2) is 8.62. The molecule has 0 atom stereocenters. The summed E-state index contributed by atoms with van der Waals surface area (Å²) >= 11 is 1.84. The van der Waals surface area contributed by atoms with Crippen LogP contribution in [-0.4, -0.2) is 60.1 Å². The molecule has 0 radical (unpaired) electrons. The molecule has 2 aromatic heterocycles. The van der Waals surface area contributed by atoms with Crippen LogP contribution >= 0.6 is 11.3 Å². The molecule has 158 valence electrons. The Hall–Kier alpha value is -1.64. The summed E-state index contributed by atoms with van der Waals surface area (Å²) < 4.78 is 38.8. The van der Waals surface area contributed by atoms with E-state index in [2.05, 4.69) is 33.2 Å². The lowest BCUT2D eigenvalue weighted by molar-refractivity contribution is -0.141. The summed E-state index contributed by atoms with van der Waals surface area (Å²) in [6, 6.07) is 6.92. The number of piperazine rings is 1. The SMILES string of the molecule is Cc1ccsc1CN1CCC(N2CCN(c3cccc(C(F)(F)F)n3)CC2)CC1. The first-order chi connectivity index (χ1) is 13.9. The molecule has 2 saturated heterocycles. The van der Waals surface area contributed by atoms with Crippen molar-refractivity contribution in [3.63, 3.8) is 0 Å². The number of rotatable bonds is 4. The third-order valence-electron chi connectivity index (χ3n) is 6.07.